The molecule has 1 amide bonds. The van der Waals surface area contributed by atoms with Gasteiger partial charge in [-0.25, -0.2) is 8.42 Å². The smallest absolute Gasteiger partial charge is 0.243 e. The molecule has 134 valence electrons. The Kier molecular flexibility index (Phi) is 5.56. The Morgan fingerprint density at radius 2 is 2.04 bits per heavy atom. The topological polar surface area (TPSA) is 66.5 Å². The van der Waals surface area contributed by atoms with Crippen LogP contribution in [-0.4, -0.2) is 31.7 Å². The molecule has 1 fully saturated rings. The van der Waals surface area contributed by atoms with E-state index in [0.717, 1.165) is 17.7 Å². The maximum atomic E-state index is 12.7. The van der Waals surface area contributed by atoms with E-state index in [0.29, 0.717) is 31.1 Å². The van der Waals surface area contributed by atoms with Gasteiger partial charge in [0.2, 0.25) is 15.9 Å². The van der Waals surface area contributed by atoms with E-state index in [1.165, 1.54) is 11.3 Å². The van der Waals surface area contributed by atoms with Gasteiger partial charge in [0.15, 0.2) is 0 Å². The van der Waals surface area contributed by atoms with Crippen molar-refractivity contribution in [3.63, 3.8) is 0 Å². The van der Waals surface area contributed by atoms with Crippen molar-refractivity contribution in [3.8, 4) is 0 Å². The van der Waals surface area contributed by atoms with Gasteiger partial charge in [-0.2, -0.15) is 4.31 Å². The van der Waals surface area contributed by atoms with Crippen molar-refractivity contribution in [2.45, 2.75) is 31.1 Å². The molecule has 0 bridgehead atoms. The predicted octanol–water partition coefficient (Wildman–Crippen LogP) is 3.35. The van der Waals surface area contributed by atoms with Gasteiger partial charge < -0.3 is 5.32 Å². The molecule has 3 rings (SSSR count). The molecule has 1 aliphatic rings. The first-order valence-electron chi connectivity index (χ1n) is 8.37. The molecule has 0 spiro atoms. The third kappa shape index (κ3) is 4.48. The summed E-state index contributed by atoms with van der Waals surface area (Å²) in [5.41, 5.74) is 0.604. The van der Waals surface area contributed by atoms with Crippen LogP contribution in [0.4, 0.5) is 5.69 Å². The maximum absolute atomic E-state index is 12.7. The first-order valence-corrected chi connectivity index (χ1v) is 10.7. The van der Waals surface area contributed by atoms with Gasteiger partial charge in [-0.1, -0.05) is 13.0 Å². The quantitative estimate of drug-likeness (QED) is 0.868. The van der Waals surface area contributed by atoms with Gasteiger partial charge in [0.05, 0.1) is 11.3 Å². The maximum Gasteiger partial charge on any atom is 0.243 e. The molecular formula is C18H22N2O3S2. The fourth-order valence-electron chi connectivity index (χ4n) is 3.00. The van der Waals surface area contributed by atoms with Gasteiger partial charge >= 0.3 is 0 Å². The van der Waals surface area contributed by atoms with E-state index >= 15 is 0 Å². The lowest BCUT2D eigenvalue weighted by molar-refractivity contribution is -0.115. The van der Waals surface area contributed by atoms with Crippen LogP contribution in [0.3, 0.4) is 0 Å². The van der Waals surface area contributed by atoms with Crippen LogP contribution in [-0.2, 0) is 21.2 Å². The lowest BCUT2D eigenvalue weighted by Gasteiger charge is -2.30. The van der Waals surface area contributed by atoms with Gasteiger partial charge in [0, 0.05) is 23.7 Å². The molecule has 2 aromatic rings. The van der Waals surface area contributed by atoms with Crippen molar-refractivity contribution in [2.75, 3.05) is 18.4 Å². The number of sulfonamides is 1. The minimum Gasteiger partial charge on any atom is -0.326 e. The van der Waals surface area contributed by atoms with E-state index in [-0.39, 0.29) is 10.8 Å². The second kappa shape index (κ2) is 7.68. The number of amides is 1. The number of hydrogen-bond acceptors (Lipinski definition) is 4. The fraction of sp³-hybridized carbons (Fsp3) is 0.389. The number of benzene rings is 1. The highest BCUT2D eigenvalue weighted by molar-refractivity contribution is 7.89. The average molecular weight is 379 g/mol. The fourth-order valence-corrected chi connectivity index (χ4v) is 5.30. The molecule has 1 aliphatic heterocycles. The minimum absolute atomic E-state index is 0.108. The van der Waals surface area contributed by atoms with Crippen LogP contribution < -0.4 is 5.32 Å². The number of hydrogen-bond donors (Lipinski definition) is 1. The Balaban J connectivity index is 1.66. The highest BCUT2D eigenvalue weighted by Gasteiger charge is 2.28. The average Bonchev–Trinajstić information content (AvgIpc) is 3.08. The predicted molar refractivity (Wildman–Crippen MR) is 100 cm³/mol. The van der Waals surface area contributed by atoms with Gasteiger partial charge in [-0.3, -0.25) is 4.79 Å². The van der Waals surface area contributed by atoms with Crippen molar-refractivity contribution in [3.05, 3.63) is 46.7 Å². The molecule has 25 heavy (non-hydrogen) atoms. The standard InChI is InChI=1S/C18H22N2O3S2/c1-14-4-2-10-20(13-14)25(22,23)17-8-6-15(7-9-17)19-18(21)12-16-5-3-11-24-16/h3,5-9,11,14H,2,4,10,12-13H2,1H3,(H,19,21)/t14-/m0/s1. The summed E-state index contributed by atoms with van der Waals surface area (Å²) >= 11 is 1.54. The summed E-state index contributed by atoms with van der Waals surface area (Å²) < 4.78 is 27.0. The van der Waals surface area contributed by atoms with Gasteiger partial charge in [0.25, 0.3) is 0 Å². The van der Waals surface area contributed by atoms with Gasteiger partial charge in [-0.15, -0.1) is 11.3 Å². The molecule has 1 aromatic heterocycles. The lowest BCUT2D eigenvalue weighted by Crippen LogP contribution is -2.39. The second-order valence-corrected chi connectivity index (χ2v) is 9.41. The summed E-state index contributed by atoms with van der Waals surface area (Å²) in [4.78, 5) is 13.3. The Morgan fingerprint density at radius 1 is 1.28 bits per heavy atom. The zero-order chi connectivity index (χ0) is 17.9. The van der Waals surface area contributed by atoms with Crippen LogP contribution in [0.5, 0.6) is 0 Å². The summed E-state index contributed by atoms with van der Waals surface area (Å²) in [6, 6.07) is 10.2. The summed E-state index contributed by atoms with van der Waals surface area (Å²) in [6.07, 6.45) is 2.29. The molecule has 1 atom stereocenters. The van der Waals surface area contributed by atoms with E-state index in [1.54, 1.807) is 28.6 Å². The van der Waals surface area contributed by atoms with E-state index < -0.39 is 10.0 Å². The van der Waals surface area contributed by atoms with Crippen LogP contribution in [0.2, 0.25) is 0 Å². The molecule has 1 saturated heterocycles. The van der Waals surface area contributed by atoms with Crippen LogP contribution >= 0.6 is 11.3 Å². The summed E-state index contributed by atoms with van der Waals surface area (Å²) in [6.45, 7) is 3.22. The Hall–Kier alpha value is -1.70. The Labute approximate surface area is 152 Å². The van der Waals surface area contributed by atoms with Crippen LogP contribution in [0.1, 0.15) is 24.6 Å². The Morgan fingerprint density at radius 3 is 2.68 bits per heavy atom. The van der Waals surface area contributed by atoms with Crippen LogP contribution in [0.25, 0.3) is 0 Å². The van der Waals surface area contributed by atoms with E-state index in [9.17, 15) is 13.2 Å². The Bertz CT molecular complexity index is 815. The number of nitrogens with zero attached hydrogens (tertiary/aromatic N) is 1. The first-order chi connectivity index (χ1) is 11.9. The van der Waals surface area contributed by atoms with Crippen molar-refractivity contribution in [1.29, 1.82) is 0 Å². The molecule has 0 aliphatic carbocycles. The van der Waals surface area contributed by atoms with Crippen molar-refractivity contribution < 1.29 is 13.2 Å². The van der Waals surface area contributed by atoms with Crippen molar-refractivity contribution in [2.24, 2.45) is 5.92 Å². The third-order valence-corrected chi connectivity index (χ3v) is 7.07. The highest BCUT2D eigenvalue weighted by Crippen LogP contribution is 2.24. The number of anilines is 1. The largest absolute Gasteiger partial charge is 0.326 e. The lowest BCUT2D eigenvalue weighted by atomic mass is 10.0. The minimum atomic E-state index is -3.46. The molecule has 7 heteroatoms. The molecule has 1 aromatic carbocycles. The van der Waals surface area contributed by atoms with Crippen molar-refractivity contribution >= 4 is 33.0 Å². The SMILES string of the molecule is C[C@H]1CCCN(S(=O)(=O)c2ccc(NC(=O)Cc3cccs3)cc2)C1. The second-order valence-electron chi connectivity index (χ2n) is 6.44. The monoisotopic (exact) mass is 378 g/mol. The third-order valence-electron chi connectivity index (χ3n) is 4.31. The van der Waals surface area contributed by atoms with Crippen molar-refractivity contribution in [1.82, 2.24) is 4.31 Å². The number of rotatable bonds is 5. The van der Waals surface area contributed by atoms with Gasteiger partial charge in [0.1, 0.15) is 0 Å². The highest BCUT2D eigenvalue weighted by atomic mass is 32.2. The number of thiophene rings is 1. The van der Waals surface area contributed by atoms with E-state index in [1.807, 2.05) is 17.5 Å². The van der Waals surface area contributed by atoms with Gasteiger partial charge in [-0.05, 0) is 54.5 Å². The molecule has 0 saturated carbocycles. The van der Waals surface area contributed by atoms with E-state index in [4.69, 9.17) is 0 Å². The van der Waals surface area contributed by atoms with E-state index in [2.05, 4.69) is 12.2 Å². The summed E-state index contributed by atoms with van der Waals surface area (Å²) in [7, 11) is -3.46. The molecule has 1 N–H and O–H groups in total. The normalized spacial score (nSPS) is 18.8. The molecule has 0 radical (unpaired) electrons. The first kappa shape index (κ1) is 18.1. The summed E-state index contributed by atoms with van der Waals surface area (Å²) in [5.74, 6) is 0.280. The zero-order valence-electron chi connectivity index (χ0n) is 14.1. The number of carbonyl (C=O) groups excluding carboxylic acids is 1. The zero-order valence-corrected chi connectivity index (χ0v) is 15.8. The van der Waals surface area contributed by atoms with Crippen LogP contribution in [0.15, 0.2) is 46.7 Å². The molecule has 0 unspecified atom stereocenters. The summed E-state index contributed by atoms with van der Waals surface area (Å²) in [5, 5.41) is 4.74. The van der Waals surface area contributed by atoms with Crippen LogP contribution in [0, 0.1) is 5.92 Å². The molecule has 2 heterocycles. The number of piperidine rings is 1. The molecular weight excluding hydrogens is 356 g/mol. The number of nitrogens with one attached hydrogen (secondary N) is 1. The number of carbonyl (C=O) groups is 1. The molecule has 5 nitrogen and oxygen atoms in total.